The highest BCUT2D eigenvalue weighted by molar-refractivity contribution is 4.88. The molecule has 2 nitrogen and oxygen atoms in total. The molecule has 2 aliphatic carbocycles. The molecule has 1 heterocycles. The normalized spacial score (nSPS) is 33.2. The molecule has 110 valence electrons. The lowest BCUT2D eigenvalue weighted by Gasteiger charge is -2.44. The Balaban J connectivity index is 1.46. The molecule has 0 aromatic heterocycles. The summed E-state index contributed by atoms with van der Waals surface area (Å²) in [5, 5.41) is 3.72. The Morgan fingerprint density at radius 2 is 1.74 bits per heavy atom. The van der Waals surface area contributed by atoms with Crippen molar-refractivity contribution in [2.24, 2.45) is 17.3 Å². The summed E-state index contributed by atoms with van der Waals surface area (Å²) < 4.78 is 0. The van der Waals surface area contributed by atoms with Gasteiger partial charge >= 0.3 is 0 Å². The maximum atomic E-state index is 3.72. The van der Waals surface area contributed by atoms with Gasteiger partial charge in [0.1, 0.15) is 0 Å². The van der Waals surface area contributed by atoms with Gasteiger partial charge in [0.25, 0.3) is 0 Å². The number of likely N-dealkylation sites (tertiary alicyclic amines) is 1. The molecule has 2 unspecified atom stereocenters. The lowest BCUT2D eigenvalue weighted by atomic mass is 9.74. The number of nitrogens with one attached hydrogen (secondary N) is 1. The predicted octanol–water partition coefficient (Wildman–Crippen LogP) is 3.28. The SMILES string of the molecule is CC(C)(CNC1CC1)CN1CCC2CCCCC2C1. The van der Waals surface area contributed by atoms with Crippen molar-refractivity contribution in [2.75, 3.05) is 26.2 Å². The van der Waals surface area contributed by atoms with Crippen LogP contribution < -0.4 is 5.32 Å². The summed E-state index contributed by atoms with van der Waals surface area (Å²) in [4.78, 5) is 2.76. The van der Waals surface area contributed by atoms with Crippen molar-refractivity contribution in [2.45, 2.75) is 64.8 Å². The van der Waals surface area contributed by atoms with Crippen molar-refractivity contribution >= 4 is 0 Å². The van der Waals surface area contributed by atoms with Crippen molar-refractivity contribution < 1.29 is 0 Å². The van der Waals surface area contributed by atoms with E-state index in [-0.39, 0.29) is 0 Å². The van der Waals surface area contributed by atoms with Crippen LogP contribution in [-0.2, 0) is 0 Å². The van der Waals surface area contributed by atoms with Gasteiger partial charge in [-0.2, -0.15) is 0 Å². The molecule has 19 heavy (non-hydrogen) atoms. The lowest BCUT2D eigenvalue weighted by Crippen LogP contribution is -2.47. The summed E-state index contributed by atoms with van der Waals surface area (Å²) >= 11 is 0. The van der Waals surface area contributed by atoms with Crippen LogP contribution in [0.15, 0.2) is 0 Å². The standard InChI is InChI=1S/C17H32N2/c1-17(2,12-18-16-7-8-16)13-19-10-9-14-5-3-4-6-15(14)11-19/h14-16,18H,3-13H2,1-2H3. The van der Waals surface area contributed by atoms with Crippen molar-refractivity contribution in [1.29, 1.82) is 0 Å². The van der Waals surface area contributed by atoms with Crippen molar-refractivity contribution in [1.82, 2.24) is 10.2 Å². The molecule has 2 atom stereocenters. The third kappa shape index (κ3) is 3.95. The summed E-state index contributed by atoms with van der Waals surface area (Å²) in [7, 11) is 0. The van der Waals surface area contributed by atoms with E-state index in [9.17, 15) is 0 Å². The molecule has 3 fully saturated rings. The monoisotopic (exact) mass is 264 g/mol. The molecule has 0 aromatic carbocycles. The number of nitrogens with zero attached hydrogens (tertiary/aromatic N) is 1. The van der Waals surface area contributed by atoms with Gasteiger partial charge in [0, 0.05) is 25.7 Å². The number of fused-ring (bicyclic) bond motifs is 1. The molecule has 1 saturated heterocycles. The third-order valence-corrected chi connectivity index (χ3v) is 5.47. The lowest BCUT2D eigenvalue weighted by molar-refractivity contribution is 0.0602. The van der Waals surface area contributed by atoms with Crippen LogP contribution in [0.1, 0.15) is 58.8 Å². The zero-order valence-electron chi connectivity index (χ0n) is 13.0. The van der Waals surface area contributed by atoms with Gasteiger partial charge in [-0.3, -0.25) is 0 Å². The van der Waals surface area contributed by atoms with Crippen molar-refractivity contribution in [3.63, 3.8) is 0 Å². The van der Waals surface area contributed by atoms with Crippen molar-refractivity contribution in [3.05, 3.63) is 0 Å². The second-order valence-electron chi connectivity index (χ2n) is 8.15. The minimum Gasteiger partial charge on any atom is -0.313 e. The van der Waals surface area contributed by atoms with Crippen LogP contribution >= 0.6 is 0 Å². The first-order valence-electron chi connectivity index (χ1n) is 8.58. The Labute approximate surface area is 119 Å². The Morgan fingerprint density at radius 1 is 1.00 bits per heavy atom. The fraction of sp³-hybridized carbons (Fsp3) is 1.00. The van der Waals surface area contributed by atoms with Crippen LogP contribution in [0.3, 0.4) is 0 Å². The summed E-state index contributed by atoms with van der Waals surface area (Å²) in [6.07, 6.45) is 10.3. The first-order valence-corrected chi connectivity index (χ1v) is 8.58. The quantitative estimate of drug-likeness (QED) is 0.820. The fourth-order valence-electron chi connectivity index (χ4n) is 4.19. The highest BCUT2D eigenvalue weighted by Crippen LogP contribution is 2.36. The molecule has 2 heteroatoms. The first-order chi connectivity index (χ1) is 9.12. The molecule has 0 spiro atoms. The molecule has 0 bridgehead atoms. The van der Waals surface area contributed by atoms with Gasteiger partial charge in [-0.25, -0.2) is 0 Å². The van der Waals surface area contributed by atoms with Crippen LogP contribution in [-0.4, -0.2) is 37.1 Å². The number of rotatable bonds is 5. The average Bonchev–Trinajstić information content (AvgIpc) is 3.20. The molecule has 0 aromatic rings. The summed E-state index contributed by atoms with van der Waals surface area (Å²) in [6.45, 7) is 10.1. The van der Waals surface area contributed by atoms with Crippen molar-refractivity contribution in [3.8, 4) is 0 Å². The van der Waals surface area contributed by atoms with Gasteiger partial charge in [0.2, 0.25) is 0 Å². The van der Waals surface area contributed by atoms with Gasteiger partial charge < -0.3 is 10.2 Å². The molecule has 3 rings (SSSR count). The average molecular weight is 264 g/mol. The van der Waals surface area contributed by atoms with Crippen LogP contribution in [0.5, 0.6) is 0 Å². The van der Waals surface area contributed by atoms with Crippen LogP contribution in [0.25, 0.3) is 0 Å². The van der Waals surface area contributed by atoms with E-state index >= 15 is 0 Å². The Kier molecular flexibility index (Phi) is 4.19. The maximum absolute atomic E-state index is 3.72. The van der Waals surface area contributed by atoms with E-state index in [1.54, 1.807) is 0 Å². The van der Waals surface area contributed by atoms with Gasteiger partial charge in [-0.15, -0.1) is 0 Å². The maximum Gasteiger partial charge on any atom is 0.00684 e. The molecular weight excluding hydrogens is 232 g/mol. The molecule has 1 N–H and O–H groups in total. The second kappa shape index (κ2) is 5.73. The first kappa shape index (κ1) is 13.9. The van der Waals surface area contributed by atoms with E-state index in [0.717, 1.165) is 17.9 Å². The van der Waals surface area contributed by atoms with E-state index in [1.807, 2.05) is 0 Å². The zero-order valence-corrected chi connectivity index (χ0v) is 13.0. The largest absolute Gasteiger partial charge is 0.313 e. The Morgan fingerprint density at radius 3 is 2.47 bits per heavy atom. The Bertz CT molecular complexity index is 296. The molecule has 2 saturated carbocycles. The third-order valence-electron chi connectivity index (χ3n) is 5.47. The molecule has 0 radical (unpaired) electrons. The minimum atomic E-state index is 0.435. The molecular formula is C17H32N2. The highest BCUT2D eigenvalue weighted by Gasteiger charge is 2.33. The van der Waals surface area contributed by atoms with E-state index in [0.29, 0.717) is 5.41 Å². The number of hydrogen-bond acceptors (Lipinski definition) is 2. The summed E-state index contributed by atoms with van der Waals surface area (Å²) in [5.41, 5.74) is 0.435. The van der Waals surface area contributed by atoms with E-state index in [4.69, 9.17) is 0 Å². The number of piperidine rings is 1. The van der Waals surface area contributed by atoms with E-state index < -0.39 is 0 Å². The van der Waals surface area contributed by atoms with Crippen LogP contribution in [0.4, 0.5) is 0 Å². The van der Waals surface area contributed by atoms with Crippen LogP contribution in [0.2, 0.25) is 0 Å². The summed E-state index contributed by atoms with van der Waals surface area (Å²) in [6, 6.07) is 0.850. The van der Waals surface area contributed by atoms with Gasteiger partial charge in [-0.1, -0.05) is 33.1 Å². The van der Waals surface area contributed by atoms with E-state index in [2.05, 4.69) is 24.1 Å². The molecule has 0 amide bonds. The van der Waals surface area contributed by atoms with E-state index in [1.165, 1.54) is 71.1 Å². The Hall–Kier alpha value is -0.0800. The topological polar surface area (TPSA) is 15.3 Å². The summed E-state index contributed by atoms with van der Waals surface area (Å²) in [5.74, 6) is 2.09. The highest BCUT2D eigenvalue weighted by atomic mass is 15.1. The fourth-order valence-corrected chi connectivity index (χ4v) is 4.19. The van der Waals surface area contributed by atoms with Crippen LogP contribution in [0, 0.1) is 17.3 Å². The van der Waals surface area contributed by atoms with Gasteiger partial charge in [0.15, 0.2) is 0 Å². The van der Waals surface area contributed by atoms with Gasteiger partial charge in [0.05, 0.1) is 0 Å². The zero-order chi connectivity index (χ0) is 13.3. The second-order valence-corrected chi connectivity index (χ2v) is 8.15. The minimum absolute atomic E-state index is 0.435. The van der Waals surface area contributed by atoms with Gasteiger partial charge in [-0.05, 0) is 49.5 Å². The molecule has 1 aliphatic heterocycles. The smallest absolute Gasteiger partial charge is 0.00684 e. The number of hydrogen-bond donors (Lipinski definition) is 1. The predicted molar refractivity (Wildman–Crippen MR) is 81.3 cm³/mol. The molecule has 3 aliphatic rings.